The molecule has 0 aromatic heterocycles. The molecule has 2 aliphatic heterocycles. The lowest BCUT2D eigenvalue weighted by Gasteiger charge is -2.45. The molecule has 104 valence electrons. The van der Waals surface area contributed by atoms with Gasteiger partial charge in [0.1, 0.15) is 0 Å². The van der Waals surface area contributed by atoms with Crippen molar-refractivity contribution in [1.82, 2.24) is 10.0 Å². The minimum absolute atomic E-state index is 0.265. The molecule has 2 heterocycles. The number of aliphatic hydroxyl groups excluding tert-OH is 1. The normalized spacial score (nSPS) is 20.0. The number of nitrogens with zero attached hydrogens (tertiary/aromatic N) is 2. The molecule has 2 amide bonds. The Morgan fingerprint density at radius 2 is 1.57 bits per heavy atom. The Labute approximate surface area is 121 Å². The Morgan fingerprint density at radius 3 is 2.38 bits per heavy atom. The van der Waals surface area contributed by atoms with Crippen molar-refractivity contribution in [3.63, 3.8) is 0 Å². The van der Waals surface area contributed by atoms with Gasteiger partial charge in [-0.05, 0) is 17.7 Å². The van der Waals surface area contributed by atoms with Crippen LogP contribution >= 0.6 is 0 Å². The van der Waals surface area contributed by atoms with Crippen LogP contribution in [-0.4, -0.2) is 26.9 Å². The Hall–Kier alpha value is -2.66. The van der Waals surface area contributed by atoms with Gasteiger partial charge in [0.2, 0.25) is 0 Å². The van der Waals surface area contributed by atoms with Crippen molar-refractivity contribution in [3.05, 3.63) is 70.8 Å². The molecule has 2 aliphatic rings. The van der Waals surface area contributed by atoms with Crippen molar-refractivity contribution in [3.8, 4) is 0 Å². The average molecular weight is 280 g/mol. The van der Waals surface area contributed by atoms with E-state index in [0.717, 1.165) is 10.6 Å². The van der Waals surface area contributed by atoms with E-state index in [9.17, 15) is 14.7 Å². The van der Waals surface area contributed by atoms with E-state index in [2.05, 4.69) is 0 Å². The van der Waals surface area contributed by atoms with Crippen LogP contribution in [0.5, 0.6) is 0 Å². The molecule has 0 radical (unpaired) electrons. The first kappa shape index (κ1) is 12.1. The van der Waals surface area contributed by atoms with Gasteiger partial charge in [0.25, 0.3) is 11.8 Å². The summed E-state index contributed by atoms with van der Waals surface area (Å²) >= 11 is 0. The molecule has 0 saturated carbocycles. The molecule has 0 aliphatic carbocycles. The number of hydrogen-bond acceptors (Lipinski definition) is 3. The number of carbonyl (C=O) groups is 2. The molecule has 0 bridgehead atoms. The summed E-state index contributed by atoms with van der Waals surface area (Å²) in [6.07, 6.45) is -1.14. The fourth-order valence-corrected chi connectivity index (χ4v) is 2.94. The third kappa shape index (κ3) is 1.55. The fourth-order valence-electron chi connectivity index (χ4n) is 2.94. The van der Waals surface area contributed by atoms with E-state index in [1.165, 1.54) is 5.01 Å². The van der Waals surface area contributed by atoms with Crippen LogP contribution < -0.4 is 0 Å². The second-order valence-corrected chi connectivity index (χ2v) is 5.13. The van der Waals surface area contributed by atoms with E-state index >= 15 is 0 Å². The van der Waals surface area contributed by atoms with Crippen LogP contribution in [0.15, 0.2) is 48.5 Å². The van der Waals surface area contributed by atoms with Crippen molar-refractivity contribution < 1.29 is 14.7 Å². The van der Waals surface area contributed by atoms with Crippen molar-refractivity contribution >= 4 is 11.8 Å². The molecule has 1 N–H and O–H groups in total. The van der Waals surface area contributed by atoms with Gasteiger partial charge in [0.05, 0.1) is 6.54 Å². The zero-order valence-corrected chi connectivity index (χ0v) is 11.1. The average Bonchev–Trinajstić information content (AvgIpc) is 2.52. The minimum Gasteiger partial charge on any atom is -0.368 e. The first-order valence-corrected chi connectivity index (χ1v) is 6.69. The quantitative estimate of drug-likeness (QED) is 0.799. The van der Waals surface area contributed by atoms with Gasteiger partial charge < -0.3 is 5.11 Å². The van der Waals surface area contributed by atoms with Crippen LogP contribution in [0.3, 0.4) is 0 Å². The van der Waals surface area contributed by atoms with Gasteiger partial charge in [-0.25, -0.2) is 10.0 Å². The molecule has 5 heteroatoms. The topological polar surface area (TPSA) is 60.9 Å². The summed E-state index contributed by atoms with van der Waals surface area (Å²) in [6, 6.07) is 14.0. The molecular formula is C16H12N2O3. The SMILES string of the molecule is O=C1c2ccccc2[C@H](O)N2C(=O)c3ccccc3CN12. The molecule has 2 aromatic carbocycles. The maximum absolute atomic E-state index is 12.6. The van der Waals surface area contributed by atoms with E-state index in [1.807, 2.05) is 12.1 Å². The number of fused-ring (bicyclic) bond motifs is 3. The fraction of sp³-hybridized carbons (Fsp3) is 0.125. The van der Waals surface area contributed by atoms with Gasteiger partial charge >= 0.3 is 0 Å². The lowest BCUT2D eigenvalue weighted by Crippen LogP contribution is -2.56. The van der Waals surface area contributed by atoms with Crippen molar-refractivity contribution in [2.24, 2.45) is 0 Å². The van der Waals surface area contributed by atoms with Crippen LogP contribution in [-0.2, 0) is 6.54 Å². The third-order valence-electron chi connectivity index (χ3n) is 3.97. The molecule has 21 heavy (non-hydrogen) atoms. The van der Waals surface area contributed by atoms with Crippen LogP contribution in [0.2, 0.25) is 0 Å². The van der Waals surface area contributed by atoms with Gasteiger partial charge in [0.15, 0.2) is 6.23 Å². The highest BCUT2D eigenvalue weighted by molar-refractivity contribution is 6.03. The van der Waals surface area contributed by atoms with Crippen LogP contribution in [0, 0.1) is 0 Å². The standard InChI is InChI=1S/C16H12N2O3/c19-14-12-7-3-4-8-13(12)16(21)18-15(20)11-6-2-1-5-10(11)9-17(14)18/h1-8,16,21H,9H2/t16-/m0/s1. The van der Waals surface area contributed by atoms with Gasteiger partial charge in [-0.2, -0.15) is 0 Å². The molecular weight excluding hydrogens is 268 g/mol. The summed E-state index contributed by atoms with van der Waals surface area (Å²) in [7, 11) is 0. The van der Waals surface area contributed by atoms with E-state index in [0.29, 0.717) is 16.7 Å². The summed E-state index contributed by atoms with van der Waals surface area (Å²) in [5.41, 5.74) is 2.22. The third-order valence-corrected chi connectivity index (χ3v) is 3.97. The summed E-state index contributed by atoms with van der Waals surface area (Å²) in [4.78, 5) is 25.2. The zero-order valence-electron chi connectivity index (χ0n) is 11.1. The van der Waals surface area contributed by atoms with E-state index < -0.39 is 6.23 Å². The maximum atomic E-state index is 12.6. The monoisotopic (exact) mass is 280 g/mol. The Kier molecular flexibility index (Phi) is 2.40. The van der Waals surface area contributed by atoms with Gasteiger partial charge in [-0.15, -0.1) is 0 Å². The summed E-state index contributed by atoms with van der Waals surface area (Å²) in [5.74, 6) is -0.619. The highest BCUT2D eigenvalue weighted by Crippen LogP contribution is 2.35. The predicted octanol–water partition coefficient (Wildman–Crippen LogP) is 1.70. The predicted molar refractivity (Wildman–Crippen MR) is 73.9 cm³/mol. The lowest BCUT2D eigenvalue weighted by molar-refractivity contribution is -0.107. The van der Waals surface area contributed by atoms with Crippen LogP contribution in [0.4, 0.5) is 0 Å². The van der Waals surface area contributed by atoms with E-state index in [1.54, 1.807) is 36.4 Å². The molecule has 2 aromatic rings. The number of benzene rings is 2. The number of aliphatic hydroxyl groups is 1. The number of hydrazine groups is 1. The molecule has 4 rings (SSSR count). The summed E-state index contributed by atoms with van der Waals surface area (Å²) < 4.78 is 0. The number of amides is 2. The van der Waals surface area contributed by atoms with E-state index in [4.69, 9.17) is 0 Å². The highest BCUT2D eigenvalue weighted by atomic mass is 16.3. The smallest absolute Gasteiger partial charge is 0.275 e. The Balaban J connectivity index is 1.89. The number of hydrogen-bond donors (Lipinski definition) is 1. The molecule has 0 fully saturated rings. The molecule has 1 atom stereocenters. The number of carbonyl (C=O) groups excluding carboxylic acids is 2. The summed E-state index contributed by atoms with van der Waals surface area (Å²) in [6.45, 7) is 0.284. The summed E-state index contributed by atoms with van der Waals surface area (Å²) in [5, 5.41) is 12.9. The van der Waals surface area contributed by atoms with E-state index in [-0.39, 0.29) is 18.4 Å². The highest BCUT2D eigenvalue weighted by Gasteiger charge is 2.43. The van der Waals surface area contributed by atoms with Gasteiger partial charge in [0, 0.05) is 16.7 Å². The van der Waals surface area contributed by atoms with Crippen LogP contribution in [0.1, 0.15) is 38.1 Å². The maximum Gasteiger partial charge on any atom is 0.275 e. The largest absolute Gasteiger partial charge is 0.368 e. The second-order valence-electron chi connectivity index (χ2n) is 5.13. The zero-order chi connectivity index (χ0) is 14.6. The van der Waals surface area contributed by atoms with Crippen molar-refractivity contribution in [1.29, 1.82) is 0 Å². The number of rotatable bonds is 0. The molecule has 0 saturated heterocycles. The minimum atomic E-state index is -1.14. The van der Waals surface area contributed by atoms with Crippen molar-refractivity contribution in [2.75, 3.05) is 0 Å². The second kappa shape index (κ2) is 4.17. The lowest BCUT2D eigenvalue weighted by atomic mass is 9.97. The molecule has 0 spiro atoms. The van der Waals surface area contributed by atoms with Gasteiger partial charge in [-0.3, -0.25) is 9.59 Å². The first-order valence-electron chi connectivity index (χ1n) is 6.69. The molecule has 5 nitrogen and oxygen atoms in total. The molecule has 0 unspecified atom stereocenters. The van der Waals surface area contributed by atoms with Gasteiger partial charge in [-0.1, -0.05) is 36.4 Å². The van der Waals surface area contributed by atoms with Crippen LogP contribution in [0.25, 0.3) is 0 Å². The Bertz CT molecular complexity index is 772. The Morgan fingerprint density at radius 1 is 0.905 bits per heavy atom. The first-order chi connectivity index (χ1) is 10.2. The van der Waals surface area contributed by atoms with Crippen molar-refractivity contribution in [2.45, 2.75) is 12.8 Å².